The predicted octanol–water partition coefficient (Wildman–Crippen LogP) is 4.23. The first kappa shape index (κ1) is 26.0. The van der Waals surface area contributed by atoms with Gasteiger partial charge in [0.2, 0.25) is 0 Å². The first-order valence-electron chi connectivity index (χ1n) is 10.8. The molecule has 0 N–H and O–H groups in total. The fourth-order valence-electron chi connectivity index (χ4n) is 2.85. The van der Waals surface area contributed by atoms with E-state index in [1.807, 2.05) is 0 Å². The van der Waals surface area contributed by atoms with Gasteiger partial charge in [-0.3, -0.25) is 14.4 Å². The Bertz CT molecular complexity index is 788. The highest BCUT2D eigenvalue weighted by Crippen LogP contribution is 2.14. The van der Waals surface area contributed by atoms with E-state index in [0.717, 1.165) is 19.3 Å². The maximum Gasteiger partial charge on any atom is 0.333 e. The van der Waals surface area contributed by atoms with Crippen LogP contribution in [0.2, 0.25) is 0 Å². The monoisotopic (exact) mass is 429 g/mol. The van der Waals surface area contributed by atoms with Gasteiger partial charge in [0.1, 0.15) is 12.4 Å². The van der Waals surface area contributed by atoms with Gasteiger partial charge in [-0.15, -0.1) is 5.06 Å². The lowest BCUT2D eigenvalue weighted by Crippen LogP contribution is -2.32. The smallest absolute Gasteiger partial charge is 0.333 e. The number of hydrogen-bond donors (Lipinski definition) is 0. The molecular weight excluding hydrogens is 398 g/mol. The molecule has 0 aromatic heterocycles. The Morgan fingerprint density at radius 1 is 0.935 bits per heavy atom. The van der Waals surface area contributed by atoms with E-state index in [4.69, 9.17) is 9.57 Å². The van der Waals surface area contributed by atoms with Gasteiger partial charge < -0.3 is 9.57 Å². The molecule has 1 saturated heterocycles. The summed E-state index contributed by atoms with van der Waals surface area (Å²) in [6.45, 7) is 5.37. The van der Waals surface area contributed by atoms with Gasteiger partial charge in [-0.2, -0.15) is 0 Å². The second kappa shape index (κ2) is 15.7. The van der Waals surface area contributed by atoms with Crippen LogP contribution in [0.3, 0.4) is 0 Å². The number of imide groups is 1. The third-order valence-corrected chi connectivity index (χ3v) is 4.57. The average molecular weight is 430 g/mol. The van der Waals surface area contributed by atoms with Gasteiger partial charge in [0, 0.05) is 25.7 Å². The third kappa shape index (κ3) is 11.6. The number of carbonyl (C=O) groups is 4. The number of unbranched alkanes of at least 4 members (excludes halogenated alkanes) is 6. The normalized spacial score (nSPS) is 12.5. The van der Waals surface area contributed by atoms with Crippen LogP contribution in [0.4, 0.5) is 0 Å². The van der Waals surface area contributed by atoms with Crippen LogP contribution in [-0.2, 0) is 28.8 Å². The summed E-state index contributed by atoms with van der Waals surface area (Å²) in [6.07, 6.45) is 8.37. The Morgan fingerprint density at radius 2 is 1.58 bits per heavy atom. The molecule has 1 aliphatic rings. The summed E-state index contributed by atoms with van der Waals surface area (Å²) in [6, 6.07) is 0. The van der Waals surface area contributed by atoms with Gasteiger partial charge in [-0.1, -0.05) is 51.2 Å². The topological polar surface area (TPSA) is 90.0 Å². The zero-order valence-corrected chi connectivity index (χ0v) is 18.3. The largest absolute Gasteiger partial charge is 0.481 e. The van der Waals surface area contributed by atoms with E-state index < -0.39 is 17.8 Å². The summed E-state index contributed by atoms with van der Waals surface area (Å²) >= 11 is 0. The number of hydrogen-bond acceptors (Lipinski definition) is 6. The first-order chi connectivity index (χ1) is 15.0. The van der Waals surface area contributed by atoms with Crippen LogP contribution < -0.4 is 0 Å². The molecule has 2 amide bonds. The van der Waals surface area contributed by atoms with Crippen molar-refractivity contribution in [3.8, 4) is 0 Å². The molecule has 1 heterocycles. The minimum absolute atomic E-state index is 0.0236. The summed E-state index contributed by atoms with van der Waals surface area (Å²) in [4.78, 5) is 51.4. The van der Waals surface area contributed by atoms with E-state index in [1.54, 1.807) is 0 Å². The van der Waals surface area contributed by atoms with Crippen LogP contribution >= 0.6 is 0 Å². The zero-order valence-electron chi connectivity index (χ0n) is 18.3. The quantitative estimate of drug-likeness (QED) is 0.167. The van der Waals surface area contributed by atoms with E-state index in [9.17, 15) is 19.2 Å². The van der Waals surface area contributed by atoms with Crippen molar-refractivity contribution in [2.24, 2.45) is 0 Å². The highest BCUT2D eigenvalue weighted by atomic mass is 16.7. The van der Waals surface area contributed by atoms with Gasteiger partial charge in [0.25, 0.3) is 11.8 Å². The molecule has 1 aliphatic heterocycles. The maximum absolute atomic E-state index is 12.0. The van der Waals surface area contributed by atoms with Crippen molar-refractivity contribution in [2.75, 3.05) is 6.61 Å². The molecule has 0 saturated carbocycles. The Kier molecular flexibility index (Phi) is 13.2. The molecule has 168 valence electrons. The maximum atomic E-state index is 12.0. The molecule has 1 rings (SSSR count). The Hall–Kier alpha value is -3.06. The van der Waals surface area contributed by atoms with Crippen LogP contribution in [-0.4, -0.2) is 35.2 Å². The lowest BCUT2D eigenvalue weighted by molar-refractivity contribution is -0.197. The van der Waals surface area contributed by atoms with Gasteiger partial charge in [-0.25, -0.2) is 4.79 Å². The standard InChI is InChI=1S/C24H31NO6/c1-3-5-7-8-9-10-12-14-21(13-11-6-4-2)30-19-20(26)15-18-24(29)31-25-22(27)16-17-23(25)28/h2-3,5,7-10,12,14-19H2,1H3. The minimum atomic E-state index is -0.810. The second-order valence-electron chi connectivity index (χ2n) is 7.22. The van der Waals surface area contributed by atoms with Crippen molar-refractivity contribution in [2.45, 2.75) is 84.0 Å². The number of nitrogens with zero attached hydrogens (tertiary/aromatic N) is 1. The number of amides is 2. The van der Waals surface area contributed by atoms with Gasteiger partial charge >= 0.3 is 5.97 Å². The molecule has 1 fully saturated rings. The lowest BCUT2D eigenvalue weighted by atomic mass is 10.1. The van der Waals surface area contributed by atoms with Crippen molar-refractivity contribution >= 4 is 23.6 Å². The van der Waals surface area contributed by atoms with Gasteiger partial charge in [0.15, 0.2) is 5.78 Å². The van der Waals surface area contributed by atoms with Crippen LogP contribution in [0.25, 0.3) is 0 Å². The molecule has 0 bridgehead atoms. The van der Waals surface area contributed by atoms with E-state index in [-0.39, 0.29) is 38.1 Å². The molecule has 0 spiro atoms. The number of rotatable bonds is 15. The summed E-state index contributed by atoms with van der Waals surface area (Å²) < 4.78 is 5.53. The van der Waals surface area contributed by atoms with Crippen molar-refractivity contribution in [3.63, 3.8) is 0 Å². The SMILES string of the molecule is C=C=C=C=C=C(CCCCCCCCC)OCC(=O)CCC(=O)ON1C(=O)CCC1=O. The number of allylic oxidation sites excluding steroid dienone is 1. The number of Topliss-reactive ketones (excluding diaryl/α,β-unsaturated/α-hetero) is 1. The molecule has 7 nitrogen and oxygen atoms in total. The highest BCUT2D eigenvalue weighted by Gasteiger charge is 2.32. The van der Waals surface area contributed by atoms with E-state index in [1.165, 1.54) is 25.7 Å². The molecule has 31 heavy (non-hydrogen) atoms. The molecular formula is C24H31NO6. The van der Waals surface area contributed by atoms with E-state index >= 15 is 0 Å². The second-order valence-corrected chi connectivity index (χ2v) is 7.22. The molecule has 0 atom stereocenters. The third-order valence-electron chi connectivity index (χ3n) is 4.57. The summed E-state index contributed by atoms with van der Waals surface area (Å²) in [5.41, 5.74) is 10.4. The molecule has 0 unspecified atom stereocenters. The molecule has 0 aromatic carbocycles. The lowest BCUT2D eigenvalue weighted by Gasteiger charge is -2.12. The summed E-state index contributed by atoms with van der Waals surface area (Å²) in [5, 5.41) is 0.469. The van der Waals surface area contributed by atoms with E-state index in [2.05, 4.69) is 36.4 Å². The minimum Gasteiger partial charge on any atom is -0.481 e. The fraction of sp³-hybridized carbons (Fsp3) is 0.583. The fourth-order valence-corrected chi connectivity index (χ4v) is 2.85. The van der Waals surface area contributed by atoms with Crippen LogP contribution in [0, 0.1) is 0 Å². The first-order valence-corrected chi connectivity index (χ1v) is 10.8. The molecule has 0 radical (unpaired) electrons. The Morgan fingerprint density at radius 3 is 2.23 bits per heavy atom. The molecule has 0 aromatic rings. The molecule has 7 heteroatoms. The Labute approximate surface area is 183 Å². The number of hydroxylamine groups is 2. The number of ether oxygens (including phenoxy) is 1. The van der Waals surface area contributed by atoms with E-state index in [0.29, 0.717) is 17.2 Å². The van der Waals surface area contributed by atoms with Crippen molar-refractivity contribution in [3.05, 3.63) is 35.3 Å². The van der Waals surface area contributed by atoms with Crippen molar-refractivity contribution < 1.29 is 28.8 Å². The predicted molar refractivity (Wildman–Crippen MR) is 113 cm³/mol. The average Bonchev–Trinajstić information content (AvgIpc) is 3.07. The molecule has 0 aliphatic carbocycles. The Balaban J connectivity index is 2.39. The van der Waals surface area contributed by atoms with Crippen molar-refractivity contribution in [1.82, 2.24) is 5.06 Å². The van der Waals surface area contributed by atoms with Crippen LogP contribution in [0.15, 0.2) is 35.3 Å². The highest BCUT2D eigenvalue weighted by molar-refractivity contribution is 6.01. The number of ketones is 1. The van der Waals surface area contributed by atoms with Gasteiger partial charge in [0.05, 0.1) is 6.42 Å². The van der Waals surface area contributed by atoms with Gasteiger partial charge in [-0.05, 0) is 30.2 Å². The summed E-state index contributed by atoms with van der Waals surface area (Å²) in [7, 11) is 0. The number of carbonyl (C=O) groups excluding carboxylic acids is 4. The van der Waals surface area contributed by atoms with Crippen LogP contribution in [0.5, 0.6) is 0 Å². The van der Waals surface area contributed by atoms with Crippen LogP contribution in [0.1, 0.15) is 84.0 Å². The zero-order chi connectivity index (χ0) is 22.9. The van der Waals surface area contributed by atoms with Crippen molar-refractivity contribution in [1.29, 1.82) is 0 Å². The summed E-state index contributed by atoms with van der Waals surface area (Å²) in [5.74, 6) is -1.74.